The highest BCUT2D eigenvalue weighted by Gasteiger charge is 2.21. The maximum Gasteiger partial charge on any atom is 0.225 e. The van der Waals surface area contributed by atoms with E-state index in [2.05, 4.69) is 6.07 Å². The van der Waals surface area contributed by atoms with Gasteiger partial charge < -0.3 is 4.90 Å². The van der Waals surface area contributed by atoms with Crippen LogP contribution in [-0.4, -0.2) is 23.9 Å². The van der Waals surface area contributed by atoms with Gasteiger partial charge in [0.1, 0.15) is 0 Å². The van der Waals surface area contributed by atoms with Crippen LogP contribution in [0.5, 0.6) is 0 Å². The van der Waals surface area contributed by atoms with Crippen molar-refractivity contribution in [3.63, 3.8) is 0 Å². The van der Waals surface area contributed by atoms with E-state index in [1.807, 2.05) is 27.7 Å². The summed E-state index contributed by atoms with van der Waals surface area (Å²) in [5.41, 5.74) is 0. The molecule has 15 heavy (non-hydrogen) atoms. The molecule has 1 atom stereocenters. The summed E-state index contributed by atoms with van der Waals surface area (Å²) in [5.74, 6) is 0.240. The molecule has 0 aliphatic rings. The molecule has 1 amide bonds. The van der Waals surface area contributed by atoms with Gasteiger partial charge in [0.15, 0.2) is 0 Å². The molecule has 0 rings (SSSR count). The molecule has 0 saturated carbocycles. The topological polar surface area (TPSA) is 44.1 Å². The van der Waals surface area contributed by atoms with Gasteiger partial charge in [-0.2, -0.15) is 5.26 Å². The molecule has 0 radical (unpaired) electrons. The Morgan fingerprint density at radius 3 is 2.20 bits per heavy atom. The van der Waals surface area contributed by atoms with Gasteiger partial charge in [0, 0.05) is 19.0 Å². The number of hydrogen-bond donors (Lipinski definition) is 0. The van der Waals surface area contributed by atoms with Crippen molar-refractivity contribution < 1.29 is 4.79 Å². The van der Waals surface area contributed by atoms with Crippen molar-refractivity contribution in [3.05, 3.63) is 0 Å². The third kappa shape index (κ3) is 4.33. The van der Waals surface area contributed by atoms with Crippen molar-refractivity contribution in [1.82, 2.24) is 4.90 Å². The predicted octanol–water partition coefficient (Wildman–Crippen LogP) is 2.43. The summed E-state index contributed by atoms with van der Waals surface area (Å²) in [6.07, 6.45) is 1.76. The smallest absolute Gasteiger partial charge is 0.225 e. The van der Waals surface area contributed by atoms with Crippen molar-refractivity contribution in [2.24, 2.45) is 11.8 Å². The number of nitrogens with zero attached hydrogens (tertiary/aromatic N) is 2. The molecule has 3 nitrogen and oxygen atoms in total. The summed E-state index contributed by atoms with van der Waals surface area (Å²) in [4.78, 5) is 13.8. The van der Waals surface area contributed by atoms with E-state index in [-0.39, 0.29) is 17.7 Å². The van der Waals surface area contributed by atoms with E-state index in [4.69, 9.17) is 5.26 Å². The van der Waals surface area contributed by atoms with Gasteiger partial charge in [0.2, 0.25) is 5.91 Å². The zero-order valence-electron chi connectivity index (χ0n) is 10.3. The second-order valence-electron chi connectivity index (χ2n) is 3.92. The van der Waals surface area contributed by atoms with Crippen LogP contribution in [0.4, 0.5) is 0 Å². The number of nitriles is 1. The third-order valence-electron chi connectivity index (χ3n) is 2.74. The highest BCUT2D eigenvalue weighted by molar-refractivity contribution is 5.78. The molecule has 1 unspecified atom stereocenters. The van der Waals surface area contributed by atoms with Crippen LogP contribution in [0.25, 0.3) is 0 Å². The molecule has 0 saturated heterocycles. The van der Waals surface area contributed by atoms with Crippen molar-refractivity contribution in [3.8, 4) is 6.07 Å². The standard InChI is InChI=1S/C12H22N2O/c1-5-11(6-2)12(15)14(7-3)9-10(4)8-13/h10-11H,5-7,9H2,1-4H3. The second kappa shape index (κ2) is 7.28. The van der Waals surface area contributed by atoms with E-state index in [1.54, 1.807) is 4.90 Å². The van der Waals surface area contributed by atoms with Crippen molar-refractivity contribution in [1.29, 1.82) is 5.26 Å². The van der Waals surface area contributed by atoms with Gasteiger partial charge in [-0.15, -0.1) is 0 Å². The zero-order chi connectivity index (χ0) is 11.8. The molecule has 0 heterocycles. The highest BCUT2D eigenvalue weighted by Crippen LogP contribution is 2.13. The molecule has 0 aliphatic heterocycles. The van der Waals surface area contributed by atoms with Crippen molar-refractivity contribution >= 4 is 5.91 Å². The normalized spacial score (nSPS) is 12.3. The SMILES string of the molecule is CCC(CC)C(=O)N(CC)CC(C)C#N. The highest BCUT2D eigenvalue weighted by atomic mass is 16.2. The second-order valence-corrected chi connectivity index (χ2v) is 3.92. The van der Waals surface area contributed by atoms with Crippen LogP contribution in [0.2, 0.25) is 0 Å². The van der Waals surface area contributed by atoms with Gasteiger partial charge >= 0.3 is 0 Å². The Morgan fingerprint density at radius 2 is 1.87 bits per heavy atom. The lowest BCUT2D eigenvalue weighted by atomic mass is 10.0. The van der Waals surface area contributed by atoms with Gasteiger partial charge in [0.25, 0.3) is 0 Å². The van der Waals surface area contributed by atoms with Crippen LogP contribution in [-0.2, 0) is 4.79 Å². The quantitative estimate of drug-likeness (QED) is 0.676. The van der Waals surface area contributed by atoms with Crippen LogP contribution >= 0.6 is 0 Å². The van der Waals surface area contributed by atoms with Crippen LogP contribution in [0.15, 0.2) is 0 Å². The van der Waals surface area contributed by atoms with Crippen molar-refractivity contribution in [2.45, 2.75) is 40.5 Å². The summed E-state index contributed by atoms with van der Waals surface area (Å²) >= 11 is 0. The minimum atomic E-state index is -0.0803. The Labute approximate surface area is 93.1 Å². The lowest BCUT2D eigenvalue weighted by Gasteiger charge is -2.26. The van der Waals surface area contributed by atoms with Gasteiger partial charge in [-0.1, -0.05) is 13.8 Å². The Bertz CT molecular complexity index is 228. The van der Waals surface area contributed by atoms with Gasteiger partial charge in [-0.3, -0.25) is 4.79 Å². The molecule has 86 valence electrons. The number of amides is 1. The Morgan fingerprint density at radius 1 is 1.33 bits per heavy atom. The number of carbonyl (C=O) groups excluding carboxylic acids is 1. The molecule has 0 aromatic rings. The summed E-state index contributed by atoms with van der Waals surface area (Å²) in [7, 11) is 0. The molecule has 0 aromatic heterocycles. The number of rotatable bonds is 6. The van der Waals surface area contributed by atoms with Crippen LogP contribution < -0.4 is 0 Å². The molecule has 0 aliphatic carbocycles. The maximum absolute atomic E-state index is 12.0. The summed E-state index contributed by atoms with van der Waals surface area (Å²) in [6.45, 7) is 9.14. The lowest BCUT2D eigenvalue weighted by molar-refractivity contribution is -0.135. The molecule has 0 N–H and O–H groups in total. The van der Waals surface area contributed by atoms with Crippen LogP contribution in [0.3, 0.4) is 0 Å². The first-order valence-corrected chi connectivity index (χ1v) is 5.78. The fourth-order valence-corrected chi connectivity index (χ4v) is 1.64. The summed E-state index contributed by atoms with van der Waals surface area (Å²) in [5, 5.41) is 8.73. The van der Waals surface area contributed by atoms with E-state index < -0.39 is 0 Å². The number of carbonyl (C=O) groups is 1. The van der Waals surface area contributed by atoms with E-state index in [0.29, 0.717) is 13.1 Å². The van der Waals surface area contributed by atoms with Gasteiger partial charge in [-0.05, 0) is 26.7 Å². The fourth-order valence-electron chi connectivity index (χ4n) is 1.64. The molecular weight excluding hydrogens is 188 g/mol. The van der Waals surface area contributed by atoms with E-state index in [0.717, 1.165) is 12.8 Å². The first-order chi connectivity index (χ1) is 7.10. The van der Waals surface area contributed by atoms with Gasteiger partial charge in [0.05, 0.1) is 12.0 Å². The van der Waals surface area contributed by atoms with E-state index in [1.165, 1.54) is 0 Å². The molecule has 0 aromatic carbocycles. The van der Waals surface area contributed by atoms with Gasteiger partial charge in [-0.25, -0.2) is 0 Å². The molecule has 0 spiro atoms. The fraction of sp³-hybridized carbons (Fsp3) is 0.833. The summed E-state index contributed by atoms with van der Waals surface area (Å²) < 4.78 is 0. The summed E-state index contributed by atoms with van der Waals surface area (Å²) in [6, 6.07) is 2.17. The minimum Gasteiger partial charge on any atom is -0.341 e. The minimum absolute atomic E-state index is 0.0803. The maximum atomic E-state index is 12.0. The largest absolute Gasteiger partial charge is 0.341 e. The monoisotopic (exact) mass is 210 g/mol. The first kappa shape index (κ1) is 14.0. The molecule has 3 heteroatoms. The third-order valence-corrected chi connectivity index (χ3v) is 2.74. The van der Waals surface area contributed by atoms with Crippen LogP contribution in [0.1, 0.15) is 40.5 Å². The van der Waals surface area contributed by atoms with E-state index >= 15 is 0 Å². The Balaban J connectivity index is 4.40. The van der Waals surface area contributed by atoms with Crippen molar-refractivity contribution in [2.75, 3.05) is 13.1 Å². The number of hydrogen-bond acceptors (Lipinski definition) is 2. The predicted molar refractivity (Wildman–Crippen MR) is 61.1 cm³/mol. The average molecular weight is 210 g/mol. The molecular formula is C12H22N2O. The zero-order valence-corrected chi connectivity index (χ0v) is 10.3. The van der Waals surface area contributed by atoms with E-state index in [9.17, 15) is 4.79 Å². The Hall–Kier alpha value is -1.04. The first-order valence-electron chi connectivity index (χ1n) is 5.78. The molecule has 0 bridgehead atoms. The lowest BCUT2D eigenvalue weighted by Crippen LogP contribution is -2.38. The molecule has 0 fully saturated rings. The average Bonchev–Trinajstić information content (AvgIpc) is 2.26. The van der Waals surface area contributed by atoms with Crippen LogP contribution in [0, 0.1) is 23.2 Å². The Kier molecular flexibility index (Phi) is 6.77.